The van der Waals surface area contributed by atoms with E-state index in [1.807, 2.05) is 17.9 Å². The third kappa shape index (κ3) is 1.30. The molecule has 2 heteroatoms. The molecule has 0 aromatic carbocycles. The van der Waals surface area contributed by atoms with Crippen molar-refractivity contribution in [2.45, 2.75) is 26.2 Å². The molecule has 1 fully saturated rings. The Morgan fingerprint density at radius 1 is 1.64 bits per heavy atom. The van der Waals surface area contributed by atoms with Crippen molar-refractivity contribution in [1.82, 2.24) is 9.78 Å². The van der Waals surface area contributed by atoms with Crippen molar-refractivity contribution >= 4 is 0 Å². The van der Waals surface area contributed by atoms with E-state index in [2.05, 4.69) is 12.0 Å². The normalized spacial score (nSPS) is 17.3. The van der Waals surface area contributed by atoms with Gasteiger partial charge in [-0.25, -0.2) is 0 Å². The Morgan fingerprint density at radius 3 is 2.82 bits per heavy atom. The Labute approximate surface area is 67.2 Å². The van der Waals surface area contributed by atoms with Gasteiger partial charge in [0.25, 0.3) is 0 Å². The Hall–Kier alpha value is -0.790. The van der Waals surface area contributed by atoms with E-state index in [9.17, 15) is 0 Å². The smallest absolute Gasteiger partial charge is 0.0521 e. The Morgan fingerprint density at radius 2 is 2.36 bits per heavy atom. The molecule has 0 saturated heterocycles. The molecule has 0 bridgehead atoms. The lowest BCUT2D eigenvalue weighted by Crippen LogP contribution is -2.00. The minimum Gasteiger partial charge on any atom is -0.272 e. The molecule has 1 aliphatic rings. The molecule has 1 saturated carbocycles. The second-order valence-corrected chi connectivity index (χ2v) is 3.55. The van der Waals surface area contributed by atoms with Crippen LogP contribution in [-0.4, -0.2) is 9.78 Å². The molecule has 0 spiro atoms. The first-order valence-electron chi connectivity index (χ1n) is 4.25. The lowest BCUT2D eigenvalue weighted by Gasteiger charge is -2.00. The summed E-state index contributed by atoms with van der Waals surface area (Å²) in [5.74, 6) is 0.962. The third-order valence-electron chi connectivity index (χ3n) is 2.45. The van der Waals surface area contributed by atoms with Crippen LogP contribution in [0.15, 0.2) is 6.20 Å². The highest BCUT2D eigenvalue weighted by atomic mass is 15.3. The highest BCUT2D eigenvalue weighted by Crippen LogP contribution is 2.32. The van der Waals surface area contributed by atoms with E-state index in [1.54, 1.807) is 0 Å². The van der Waals surface area contributed by atoms with Gasteiger partial charge in [-0.05, 0) is 37.7 Å². The summed E-state index contributed by atoms with van der Waals surface area (Å²) in [5, 5.41) is 4.21. The Bertz CT molecular complexity index is 239. The minimum atomic E-state index is 0.962. The van der Waals surface area contributed by atoms with Gasteiger partial charge in [0.1, 0.15) is 0 Å². The zero-order valence-electron chi connectivity index (χ0n) is 7.17. The standard InChI is InChI=1S/C9H14N2/c1-7-6-10-11(2)9(7)5-8-3-4-8/h6,8H,3-5H2,1-2H3. The number of hydrogen-bond donors (Lipinski definition) is 0. The van der Waals surface area contributed by atoms with Crippen LogP contribution in [0.4, 0.5) is 0 Å². The fraction of sp³-hybridized carbons (Fsp3) is 0.667. The summed E-state index contributed by atoms with van der Waals surface area (Å²) < 4.78 is 2.01. The van der Waals surface area contributed by atoms with E-state index < -0.39 is 0 Å². The maximum atomic E-state index is 4.21. The van der Waals surface area contributed by atoms with E-state index in [0.29, 0.717) is 0 Å². The topological polar surface area (TPSA) is 17.8 Å². The molecule has 0 amide bonds. The van der Waals surface area contributed by atoms with Gasteiger partial charge in [-0.1, -0.05) is 0 Å². The number of rotatable bonds is 2. The van der Waals surface area contributed by atoms with Gasteiger partial charge in [0, 0.05) is 12.7 Å². The number of hydrogen-bond acceptors (Lipinski definition) is 1. The maximum Gasteiger partial charge on any atom is 0.0521 e. The van der Waals surface area contributed by atoms with E-state index in [0.717, 1.165) is 5.92 Å². The zero-order chi connectivity index (χ0) is 7.84. The molecule has 0 aliphatic heterocycles. The van der Waals surface area contributed by atoms with Gasteiger partial charge in [-0.3, -0.25) is 4.68 Å². The van der Waals surface area contributed by atoms with E-state index in [1.165, 1.54) is 30.5 Å². The van der Waals surface area contributed by atoms with Gasteiger partial charge >= 0.3 is 0 Å². The van der Waals surface area contributed by atoms with Crippen molar-refractivity contribution in [1.29, 1.82) is 0 Å². The van der Waals surface area contributed by atoms with E-state index in [-0.39, 0.29) is 0 Å². The van der Waals surface area contributed by atoms with Crippen molar-refractivity contribution in [3.05, 3.63) is 17.5 Å². The molecule has 1 aromatic rings. The van der Waals surface area contributed by atoms with Crippen LogP contribution in [0, 0.1) is 12.8 Å². The molecule has 2 nitrogen and oxygen atoms in total. The molecule has 0 unspecified atom stereocenters. The molecular weight excluding hydrogens is 136 g/mol. The largest absolute Gasteiger partial charge is 0.272 e. The number of nitrogens with zero attached hydrogens (tertiary/aromatic N) is 2. The number of aromatic nitrogens is 2. The Kier molecular flexibility index (Phi) is 1.48. The van der Waals surface area contributed by atoms with Crippen LogP contribution in [-0.2, 0) is 13.5 Å². The van der Waals surface area contributed by atoms with Crippen LogP contribution < -0.4 is 0 Å². The lowest BCUT2D eigenvalue weighted by molar-refractivity contribution is 0.674. The highest BCUT2D eigenvalue weighted by Gasteiger charge is 2.23. The second kappa shape index (κ2) is 2.36. The highest BCUT2D eigenvalue weighted by molar-refractivity contribution is 5.16. The van der Waals surface area contributed by atoms with Crippen molar-refractivity contribution in [2.24, 2.45) is 13.0 Å². The maximum absolute atomic E-state index is 4.21. The number of aryl methyl sites for hydroxylation is 2. The van der Waals surface area contributed by atoms with Crippen LogP contribution in [0.2, 0.25) is 0 Å². The van der Waals surface area contributed by atoms with Gasteiger partial charge in [0.15, 0.2) is 0 Å². The van der Waals surface area contributed by atoms with E-state index in [4.69, 9.17) is 0 Å². The van der Waals surface area contributed by atoms with Gasteiger partial charge in [0.05, 0.1) is 6.20 Å². The summed E-state index contributed by atoms with van der Waals surface area (Å²) in [6.45, 7) is 2.14. The third-order valence-corrected chi connectivity index (χ3v) is 2.45. The van der Waals surface area contributed by atoms with Crippen LogP contribution in [0.3, 0.4) is 0 Å². The summed E-state index contributed by atoms with van der Waals surface area (Å²) in [5.41, 5.74) is 2.77. The van der Waals surface area contributed by atoms with Crippen molar-refractivity contribution in [3.63, 3.8) is 0 Å². The first kappa shape index (κ1) is 6.89. The van der Waals surface area contributed by atoms with Crippen LogP contribution in [0.25, 0.3) is 0 Å². The van der Waals surface area contributed by atoms with E-state index >= 15 is 0 Å². The summed E-state index contributed by atoms with van der Waals surface area (Å²) >= 11 is 0. The SMILES string of the molecule is Cc1cnn(C)c1CC1CC1. The fourth-order valence-corrected chi connectivity index (χ4v) is 1.46. The molecule has 11 heavy (non-hydrogen) atoms. The quantitative estimate of drug-likeness (QED) is 0.627. The first-order chi connectivity index (χ1) is 5.27. The first-order valence-corrected chi connectivity index (χ1v) is 4.25. The predicted molar refractivity (Wildman–Crippen MR) is 44.4 cm³/mol. The van der Waals surface area contributed by atoms with Gasteiger partial charge in [-0.2, -0.15) is 5.10 Å². The fourth-order valence-electron chi connectivity index (χ4n) is 1.46. The van der Waals surface area contributed by atoms with Crippen molar-refractivity contribution in [2.75, 3.05) is 0 Å². The predicted octanol–water partition coefficient (Wildman–Crippen LogP) is 1.68. The molecule has 0 N–H and O–H groups in total. The zero-order valence-corrected chi connectivity index (χ0v) is 7.17. The monoisotopic (exact) mass is 150 g/mol. The Balaban J connectivity index is 2.19. The van der Waals surface area contributed by atoms with Gasteiger partial charge in [-0.15, -0.1) is 0 Å². The average Bonchev–Trinajstić information content (AvgIpc) is 2.73. The van der Waals surface area contributed by atoms with Crippen LogP contribution >= 0.6 is 0 Å². The van der Waals surface area contributed by atoms with Gasteiger partial charge in [0.2, 0.25) is 0 Å². The summed E-state index contributed by atoms with van der Waals surface area (Å²) in [6, 6.07) is 0. The molecular formula is C9H14N2. The molecule has 1 aromatic heterocycles. The molecule has 60 valence electrons. The van der Waals surface area contributed by atoms with Crippen molar-refractivity contribution < 1.29 is 0 Å². The minimum absolute atomic E-state index is 0.962. The van der Waals surface area contributed by atoms with Crippen molar-refractivity contribution in [3.8, 4) is 0 Å². The lowest BCUT2D eigenvalue weighted by atomic mass is 10.1. The molecule has 1 heterocycles. The van der Waals surface area contributed by atoms with Gasteiger partial charge < -0.3 is 0 Å². The average molecular weight is 150 g/mol. The molecule has 0 radical (unpaired) electrons. The summed E-state index contributed by atoms with van der Waals surface area (Å²) in [4.78, 5) is 0. The molecule has 2 rings (SSSR count). The molecule has 0 atom stereocenters. The second-order valence-electron chi connectivity index (χ2n) is 3.55. The van der Waals surface area contributed by atoms with Crippen LogP contribution in [0.5, 0.6) is 0 Å². The summed E-state index contributed by atoms with van der Waals surface area (Å²) in [7, 11) is 2.03. The van der Waals surface area contributed by atoms with Crippen LogP contribution in [0.1, 0.15) is 24.1 Å². The molecule has 1 aliphatic carbocycles. The summed E-state index contributed by atoms with van der Waals surface area (Å²) in [6.07, 6.45) is 6.04.